The molecule has 2 aliphatic heterocycles. The number of aryl methyl sites for hydroxylation is 2. The van der Waals surface area contributed by atoms with Crippen molar-refractivity contribution >= 4 is 40.0 Å². The third-order valence-electron chi connectivity index (χ3n) is 7.09. The van der Waals surface area contributed by atoms with Crippen molar-refractivity contribution in [1.29, 1.82) is 0 Å². The molecule has 0 amide bonds. The minimum atomic E-state index is -0.430. The molecule has 6 rings (SSSR count). The average Bonchev–Trinajstić information content (AvgIpc) is 3.48. The maximum absolute atomic E-state index is 13.6. The first-order valence-corrected chi connectivity index (χ1v) is 12.0. The highest BCUT2D eigenvalue weighted by Gasteiger charge is 2.60. The first-order valence-electron chi connectivity index (χ1n) is 11.6. The van der Waals surface area contributed by atoms with Crippen molar-refractivity contribution in [1.82, 2.24) is 9.97 Å². The van der Waals surface area contributed by atoms with Crippen molar-refractivity contribution in [3.8, 4) is 11.6 Å². The number of carbonyl (C=O) groups is 2. The number of fused-ring (bicyclic) bond motifs is 6. The molecule has 3 aliphatic rings. The third kappa shape index (κ3) is 3.61. The largest absolute Gasteiger partial charge is 0.437 e. The smallest absolute Gasteiger partial charge is 0.307 e. The molecule has 8 heteroatoms. The molecule has 178 valence electrons. The van der Waals surface area contributed by atoms with E-state index in [9.17, 15) is 9.59 Å². The van der Waals surface area contributed by atoms with Crippen LogP contribution in [0.15, 0.2) is 42.3 Å². The van der Waals surface area contributed by atoms with E-state index in [4.69, 9.17) is 25.8 Å². The summed E-state index contributed by atoms with van der Waals surface area (Å²) in [4.78, 5) is 34.5. The Balaban J connectivity index is 1.38. The third-order valence-corrected chi connectivity index (χ3v) is 7.32. The van der Waals surface area contributed by atoms with Gasteiger partial charge >= 0.3 is 5.97 Å². The molecule has 7 nitrogen and oxygen atoms in total. The predicted octanol–water partition coefficient (Wildman–Crippen LogP) is 5.34. The van der Waals surface area contributed by atoms with Gasteiger partial charge in [0.1, 0.15) is 11.5 Å². The quantitative estimate of drug-likeness (QED) is 0.456. The Morgan fingerprint density at radius 3 is 2.49 bits per heavy atom. The molecule has 1 aliphatic carbocycles. The highest BCUT2D eigenvalue weighted by molar-refractivity contribution is 6.31. The standard InChI is InChI=1S/C27H23ClN2O5/c1-12-8-16(34-21-11-29-18-10-15(28)4-5-17(18)30-21)9-13(2)22(12)25-26(32)23-19-6-7-20(35-19)24(23)27(25)33-14(3)31/h4-5,8-11,19-20,23-24H,6-7H2,1-3H3/t19-,20+,23-,24+/m0/s1. The maximum Gasteiger partial charge on any atom is 0.307 e. The molecule has 0 unspecified atom stereocenters. The fourth-order valence-corrected chi connectivity index (χ4v) is 6.00. The number of ketones is 1. The van der Waals surface area contributed by atoms with Crippen LogP contribution in [0, 0.1) is 25.7 Å². The Labute approximate surface area is 207 Å². The topological polar surface area (TPSA) is 87.6 Å². The molecule has 0 N–H and O–H groups in total. The Morgan fingerprint density at radius 1 is 1.06 bits per heavy atom. The van der Waals surface area contributed by atoms with Gasteiger partial charge in [0, 0.05) is 11.9 Å². The summed E-state index contributed by atoms with van der Waals surface area (Å²) in [6.45, 7) is 5.22. The Hall–Kier alpha value is -3.29. The summed E-state index contributed by atoms with van der Waals surface area (Å²) in [5, 5.41) is 0.593. The molecule has 0 radical (unpaired) electrons. The zero-order chi connectivity index (χ0) is 24.4. The Morgan fingerprint density at radius 2 is 1.77 bits per heavy atom. The second-order valence-electron chi connectivity index (χ2n) is 9.41. The molecule has 1 aromatic heterocycles. The minimum Gasteiger partial charge on any atom is -0.437 e. The highest BCUT2D eigenvalue weighted by Crippen LogP contribution is 2.55. The van der Waals surface area contributed by atoms with E-state index in [1.807, 2.05) is 26.0 Å². The molecule has 0 saturated carbocycles. The van der Waals surface area contributed by atoms with Crippen LogP contribution in [0.1, 0.15) is 36.5 Å². The van der Waals surface area contributed by atoms with Gasteiger partial charge in [-0.2, -0.15) is 0 Å². The summed E-state index contributed by atoms with van der Waals surface area (Å²) in [6, 6.07) is 9.02. The van der Waals surface area contributed by atoms with E-state index in [1.54, 1.807) is 24.4 Å². The molecule has 3 heterocycles. The zero-order valence-corrected chi connectivity index (χ0v) is 20.3. The summed E-state index contributed by atoms with van der Waals surface area (Å²) in [6.07, 6.45) is 3.11. The molecule has 0 spiro atoms. The molecule has 2 fully saturated rings. The van der Waals surface area contributed by atoms with Crippen molar-refractivity contribution in [3.05, 3.63) is 64.0 Å². The summed E-state index contributed by atoms with van der Waals surface area (Å²) in [7, 11) is 0. The minimum absolute atomic E-state index is 0.00243. The van der Waals surface area contributed by atoms with Crippen LogP contribution in [0.2, 0.25) is 5.02 Å². The van der Waals surface area contributed by atoms with Crippen LogP contribution in [0.5, 0.6) is 11.6 Å². The van der Waals surface area contributed by atoms with Crippen molar-refractivity contribution in [2.45, 2.75) is 45.8 Å². The van der Waals surface area contributed by atoms with Crippen LogP contribution >= 0.6 is 11.6 Å². The number of halogens is 1. The van der Waals surface area contributed by atoms with Gasteiger partial charge in [-0.25, -0.2) is 9.97 Å². The van der Waals surface area contributed by atoms with Gasteiger partial charge in [-0.1, -0.05) is 11.6 Å². The van der Waals surface area contributed by atoms with E-state index in [1.165, 1.54) is 6.92 Å². The number of carbonyl (C=O) groups excluding carboxylic acids is 2. The summed E-state index contributed by atoms with van der Waals surface area (Å²) in [5.41, 5.74) is 4.34. The predicted molar refractivity (Wildman–Crippen MR) is 129 cm³/mol. The lowest BCUT2D eigenvalue weighted by molar-refractivity contribution is -0.138. The molecule has 2 saturated heterocycles. The van der Waals surface area contributed by atoms with Crippen LogP contribution in [-0.4, -0.2) is 33.9 Å². The monoisotopic (exact) mass is 490 g/mol. The van der Waals surface area contributed by atoms with Gasteiger partial charge in [0.15, 0.2) is 5.78 Å². The number of ether oxygens (including phenoxy) is 3. The highest BCUT2D eigenvalue weighted by atomic mass is 35.5. The number of rotatable bonds is 4. The van der Waals surface area contributed by atoms with Gasteiger partial charge in [0.2, 0.25) is 5.88 Å². The van der Waals surface area contributed by atoms with E-state index >= 15 is 0 Å². The Kier molecular flexibility index (Phi) is 5.16. The number of aromatic nitrogens is 2. The molecule has 3 aromatic rings. The van der Waals surface area contributed by atoms with Crippen molar-refractivity contribution < 1.29 is 23.8 Å². The lowest BCUT2D eigenvalue weighted by atomic mass is 9.80. The van der Waals surface area contributed by atoms with Gasteiger partial charge in [0.25, 0.3) is 0 Å². The van der Waals surface area contributed by atoms with Gasteiger partial charge in [-0.15, -0.1) is 0 Å². The lowest BCUT2D eigenvalue weighted by Gasteiger charge is -2.21. The van der Waals surface area contributed by atoms with E-state index in [0.717, 1.165) is 29.5 Å². The molecule has 2 aromatic carbocycles. The summed E-state index contributed by atoms with van der Waals surface area (Å²) >= 11 is 6.03. The summed E-state index contributed by atoms with van der Waals surface area (Å²) < 4.78 is 17.7. The van der Waals surface area contributed by atoms with Crippen LogP contribution in [-0.2, 0) is 19.1 Å². The number of hydrogen-bond donors (Lipinski definition) is 0. The van der Waals surface area contributed by atoms with Gasteiger partial charge in [0.05, 0.1) is 46.8 Å². The lowest BCUT2D eigenvalue weighted by Crippen LogP contribution is -2.29. The molecule has 2 bridgehead atoms. The number of nitrogens with zero attached hydrogens (tertiary/aromatic N) is 2. The molecular formula is C27H23ClN2O5. The van der Waals surface area contributed by atoms with Gasteiger partial charge in [-0.05, 0) is 73.7 Å². The fraction of sp³-hybridized carbons (Fsp3) is 0.333. The van der Waals surface area contributed by atoms with E-state index in [-0.39, 0.29) is 29.8 Å². The first kappa shape index (κ1) is 22.2. The number of hydrogen-bond acceptors (Lipinski definition) is 7. The zero-order valence-electron chi connectivity index (χ0n) is 19.5. The van der Waals surface area contributed by atoms with Crippen LogP contribution in [0.3, 0.4) is 0 Å². The number of allylic oxidation sites excluding steroid dienone is 1. The van der Waals surface area contributed by atoms with E-state index in [2.05, 4.69) is 9.97 Å². The van der Waals surface area contributed by atoms with Crippen LogP contribution < -0.4 is 4.74 Å². The molecule has 4 atom stereocenters. The average molecular weight is 491 g/mol. The van der Waals surface area contributed by atoms with E-state index in [0.29, 0.717) is 39.0 Å². The summed E-state index contributed by atoms with van der Waals surface area (Å²) in [5.74, 6) is 0.475. The number of benzene rings is 2. The van der Waals surface area contributed by atoms with Crippen molar-refractivity contribution in [3.63, 3.8) is 0 Å². The van der Waals surface area contributed by atoms with Gasteiger partial charge in [-0.3, -0.25) is 9.59 Å². The number of esters is 1. The second kappa shape index (κ2) is 8.14. The second-order valence-corrected chi connectivity index (χ2v) is 9.85. The first-order chi connectivity index (χ1) is 16.8. The normalized spacial score (nSPS) is 24.9. The van der Waals surface area contributed by atoms with Crippen molar-refractivity contribution in [2.24, 2.45) is 11.8 Å². The molecule has 35 heavy (non-hydrogen) atoms. The Bertz CT molecular complexity index is 1430. The van der Waals surface area contributed by atoms with E-state index < -0.39 is 5.97 Å². The van der Waals surface area contributed by atoms with Crippen LogP contribution in [0.25, 0.3) is 16.6 Å². The maximum atomic E-state index is 13.6. The molecular weight excluding hydrogens is 468 g/mol. The fourth-order valence-electron chi connectivity index (χ4n) is 5.83. The SMILES string of the molecule is CC(=O)OC1=C(c2c(C)cc(Oc3cnc4cc(Cl)ccc4n3)cc2C)C(=O)[C@@H]2[C@H]1[C@H]1CC[C@@H]2O1. The van der Waals surface area contributed by atoms with Crippen molar-refractivity contribution in [2.75, 3.05) is 0 Å². The number of Topliss-reactive ketones (excluding diaryl/α,β-unsaturated/α-hetero) is 1. The van der Waals surface area contributed by atoms with Crippen LogP contribution in [0.4, 0.5) is 0 Å². The van der Waals surface area contributed by atoms with Gasteiger partial charge < -0.3 is 14.2 Å².